The Morgan fingerprint density at radius 3 is 2.44 bits per heavy atom. The van der Waals surface area contributed by atoms with Crippen LogP contribution in [0, 0.1) is 0 Å². The molecule has 0 unspecified atom stereocenters. The highest BCUT2D eigenvalue weighted by Crippen LogP contribution is 2.21. The third kappa shape index (κ3) is 5.94. The highest BCUT2D eigenvalue weighted by atomic mass is 16.5. The van der Waals surface area contributed by atoms with Crippen molar-refractivity contribution in [2.45, 2.75) is 6.54 Å². The number of methoxy groups -OCH3 is 1. The molecule has 0 radical (unpaired) electrons. The van der Waals surface area contributed by atoms with E-state index in [-0.39, 0.29) is 0 Å². The monoisotopic (exact) mass is 335 g/mol. The molecule has 2 aromatic carbocycles. The molecule has 0 saturated carbocycles. The van der Waals surface area contributed by atoms with Gasteiger partial charge in [-0.1, -0.05) is 30.4 Å². The smallest absolute Gasteiger partial charge is 0.123 e. The van der Waals surface area contributed by atoms with Gasteiger partial charge in [0.1, 0.15) is 5.75 Å². The fourth-order valence-corrected chi connectivity index (χ4v) is 2.51. The lowest BCUT2D eigenvalue weighted by molar-refractivity contribution is 0.317. The molecule has 0 atom stereocenters. The summed E-state index contributed by atoms with van der Waals surface area (Å²) in [7, 11) is 1.69. The summed E-state index contributed by atoms with van der Waals surface area (Å²) in [5.41, 5.74) is 6.10. The van der Waals surface area contributed by atoms with Crippen LogP contribution in [-0.2, 0) is 6.54 Å². The third-order valence-corrected chi connectivity index (χ3v) is 3.65. The zero-order valence-corrected chi connectivity index (χ0v) is 14.7. The van der Waals surface area contributed by atoms with E-state index in [2.05, 4.69) is 34.7 Å². The van der Waals surface area contributed by atoms with Crippen LogP contribution in [0.5, 0.6) is 5.75 Å². The van der Waals surface area contributed by atoms with Crippen LogP contribution >= 0.6 is 0 Å². The van der Waals surface area contributed by atoms with Crippen molar-refractivity contribution in [2.24, 2.45) is 5.10 Å². The Bertz CT molecular complexity index is 700. The summed E-state index contributed by atoms with van der Waals surface area (Å²) in [4.78, 5) is 2.24. The van der Waals surface area contributed by atoms with Crippen LogP contribution in [-0.4, -0.2) is 31.3 Å². The van der Waals surface area contributed by atoms with Gasteiger partial charge < -0.3 is 4.74 Å². The summed E-state index contributed by atoms with van der Waals surface area (Å²) >= 11 is 0. The molecular formula is C21H25N3O. The van der Waals surface area contributed by atoms with E-state index >= 15 is 0 Å². The van der Waals surface area contributed by atoms with Gasteiger partial charge in [-0.2, -0.15) is 5.10 Å². The highest BCUT2D eigenvalue weighted by Gasteiger charge is 2.08. The number of hydrogen-bond donors (Lipinski definition) is 1. The molecule has 0 aromatic heterocycles. The number of nitrogens with one attached hydrogen (secondary N) is 1. The van der Waals surface area contributed by atoms with Crippen molar-refractivity contribution in [1.82, 2.24) is 4.90 Å². The van der Waals surface area contributed by atoms with Crippen molar-refractivity contribution in [3.05, 3.63) is 85.0 Å². The van der Waals surface area contributed by atoms with Gasteiger partial charge in [0.2, 0.25) is 0 Å². The molecule has 0 bridgehead atoms. The molecule has 1 N–H and O–H groups in total. The minimum Gasteiger partial charge on any atom is -0.496 e. The third-order valence-electron chi connectivity index (χ3n) is 3.65. The number of rotatable bonds is 10. The lowest BCUT2D eigenvalue weighted by Crippen LogP contribution is -2.23. The van der Waals surface area contributed by atoms with Crippen LogP contribution in [0.3, 0.4) is 0 Å². The van der Waals surface area contributed by atoms with Crippen molar-refractivity contribution in [3.63, 3.8) is 0 Å². The van der Waals surface area contributed by atoms with Crippen molar-refractivity contribution >= 4 is 11.9 Å². The van der Waals surface area contributed by atoms with Gasteiger partial charge in [-0.15, -0.1) is 13.2 Å². The summed E-state index contributed by atoms with van der Waals surface area (Å²) in [6, 6.07) is 15.9. The van der Waals surface area contributed by atoms with Crippen molar-refractivity contribution in [2.75, 3.05) is 25.6 Å². The normalized spacial score (nSPS) is 10.8. The predicted molar refractivity (Wildman–Crippen MR) is 106 cm³/mol. The van der Waals surface area contributed by atoms with Gasteiger partial charge in [0.15, 0.2) is 0 Å². The molecule has 0 amide bonds. The summed E-state index contributed by atoms with van der Waals surface area (Å²) in [6.45, 7) is 9.98. The van der Waals surface area contributed by atoms with Crippen LogP contribution < -0.4 is 10.2 Å². The molecule has 0 fully saturated rings. The van der Waals surface area contributed by atoms with E-state index in [1.54, 1.807) is 13.3 Å². The van der Waals surface area contributed by atoms with Crippen molar-refractivity contribution in [1.29, 1.82) is 0 Å². The fourth-order valence-electron chi connectivity index (χ4n) is 2.51. The zero-order valence-electron chi connectivity index (χ0n) is 14.7. The summed E-state index contributed by atoms with van der Waals surface area (Å²) < 4.78 is 5.49. The second-order valence-corrected chi connectivity index (χ2v) is 5.58. The van der Waals surface area contributed by atoms with Gasteiger partial charge in [0, 0.05) is 25.2 Å². The Kier molecular flexibility index (Phi) is 7.47. The second-order valence-electron chi connectivity index (χ2n) is 5.58. The predicted octanol–water partition coefficient (Wildman–Crippen LogP) is 4.32. The standard InChI is InChI=1S/C21H25N3O/c1-4-13-24(14-5-2)17-19-15-18(11-12-21(19)25-3)16-22-23-20-9-7-6-8-10-20/h4-12,15-16,23H,1-2,13-14,17H2,3H3. The summed E-state index contributed by atoms with van der Waals surface area (Å²) in [5.74, 6) is 0.867. The molecule has 4 nitrogen and oxygen atoms in total. The molecule has 0 heterocycles. The van der Waals surface area contributed by atoms with Crippen LogP contribution in [0.15, 0.2) is 78.9 Å². The van der Waals surface area contributed by atoms with Gasteiger partial charge in [-0.3, -0.25) is 10.3 Å². The van der Waals surface area contributed by atoms with Gasteiger partial charge in [0.25, 0.3) is 0 Å². The van der Waals surface area contributed by atoms with Crippen LogP contribution in [0.2, 0.25) is 0 Å². The number of anilines is 1. The Morgan fingerprint density at radius 1 is 1.08 bits per heavy atom. The highest BCUT2D eigenvalue weighted by molar-refractivity contribution is 5.81. The molecule has 4 heteroatoms. The van der Waals surface area contributed by atoms with Crippen LogP contribution in [0.25, 0.3) is 0 Å². The van der Waals surface area contributed by atoms with Gasteiger partial charge in [-0.05, 0) is 35.9 Å². The van der Waals surface area contributed by atoms with E-state index in [0.717, 1.165) is 42.2 Å². The molecule has 0 aliphatic rings. The summed E-state index contributed by atoms with van der Waals surface area (Å²) in [6.07, 6.45) is 5.59. The maximum Gasteiger partial charge on any atom is 0.123 e. The van der Waals surface area contributed by atoms with E-state index in [1.165, 1.54) is 0 Å². The average Bonchev–Trinajstić information content (AvgIpc) is 2.63. The van der Waals surface area contributed by atoms with Crippen molar-refractivity contribution < 1.29 is 4.74 Å². The maximum absolute atomic E-state index is 5.49. The lowest BCUT2D eigenvalue weighted by atomic mass is 10.1. The molecule has 0 aliphatic carbocycles. The summed E-state index contributed by atoms with van der Waals surface area (Å²) in [5, 5.41) is 4.30. The first-order valence-electron chi connectivity index (χ1n) is 8.22. The average molecular weight is 335 g/mol. The van der Waals surface area contributed by atoms with E-state index < -0.39 is 0 Å². The molecule has 0 aliphatic heterocycles. The first-order chi connectivity index (χ1) is 12.3. The first kappa shape index (κ1) is 18.5. The van der Waals surface area contributed by atoms with E-state index in [0.29, 0.717) is 0 Å². The minimum absolute atomic E-state index is 0.759. The molecule has 25 heavy (non-hydrogen) atoms. The number of hydrazone groups is 1. The molecular weight excluding hydrogens is 310 g/mol. The van der Waals surface area contributed by atoms with Crippen LogP contribution in [0.4, 0.5) is 5.69 Å². The van der Waals surface area contributed by atoms with E-state index in [1.807, 2.05) is 54.6 Å². The van der Waals surface area contributed by atoms with Gasteiger partial charge >= 0.3 is 0 Å². The topological polar surface area (TPSA) is 36.9 Å². The first-order valence-corrected chi connectivity index (χ1v) is 8.22. The second kappa shape index (κ2) is 10.1. The maximum atomic E-state index is 5.49. The Labute approximate surface area is 150 Å². The van der Waals surface area contributed by atoms with Crippen molar-refractivity contribution in [3.8, 4) is 5.75 Å². The zero-order chi connectivity index (χ0) is 17.9. The van der Waals surface area contributed by atoms with Gasteiger partial charge in [-0.25, -0.2) is 0 Å². The number of hydrogen-bond acceptors (Lipinski definition) is 4. The number of ether oxygens (including phenoxy) is 1. The lowest BCUT2D eigenvalue weighted by Gasteiger charge is -2.20. The molecule has 2 rings (SSSR count). The Hall–Kier alpha value is -2.85. The molecule has 130 valence electrons. The number of benzene rings is 2. The Balaban J connectivity index is 2.12. The molecule has 0 saturated heterocycles. The SMILES string of the molecule is C=CCN(CC=C)Cc1cc(C=NNc2ccccc2)ccc1OC. The number of para-hydroxylation sites is 1. The quantitative estimate of drug-likeness (QED) is 0.399. The minimum atomic E-state index is 0.759. The van der Waals surface area contributed by atoms with E-state index in [4.69, 9.17) is 4.74 Å². The van der Waals surface area contributed by atoms with Crippen LogP contribution in [0.1, 0.15) is 11.1 Å². The fraction of sp³-hybridized carbons (Fsp3) is 0.190. The molecule has 2 aromatic rings. The molecule has 0 spiro atoms. The number of nitrogens with zero attached hydrogens (tertiary/aromatic N) is 2. The van der Waals surface area contributed by atoms with E-state index in [9.17, 15) is 0 Å². The Morgan fingerprint density at radius 2 is 1.80 bits per heavy atom. The van der Waals surface area contributed by atoms with Gasteiger partial charge in [0.05, 0.1) is 19.0 Å². The largest absolute Gasteiger partial charge is 0.496 e.